The molecule has 4 aliphatic carbocycles. The molecule has 9 heteroatoms. The van der Waals surface area contributed by atoms with Crippen molar-refractivity contribution >= 4 is 35.6 Å². The van der Waals surface area contributed by atoms with E-state index < -0.39 is 34.3 Å². The first-order valence-corrected chi connectivity index (χ1v) is 15.9. The van der Waals surface area contributed by atoms with Crippen molar-refractivity contribution in [2.24, 2.45) is 58.7 Å². The van der Waals surface area contributed by atoms with Gasteiger partial charge in [-0.25, -0.2) is 0 Å². The molecule has 232 valence electrons. The van der Waals surface area contributed by atoms with Gasteiger partial charge >= 0.3 is 11.9 Å². The second kappa shape index (κ2) is 9.70. The van der Waals surface area contributed by atoms with Gasteiger partial charge in [0.2, 0.25) is 23.6 Å². The van der Waals surface area contributed by atoms with Crippen molar-refractivity contribution in [3.63, 3.8) is 0 Å². The fourth-order valence-electron chi connectivity index (χ4n) is 9.61. The van der Waals surface area contributed by atoms with Crippen LogP contribution in [0.5, 0.6) is 0 Å². The normalized spacial score (nSPS) is 36.1. The topological polar surface area (TPSA) is 118 Å². The predicted molar refractivity (Wildman–Crippen MR) is 155 cm³/mol. The van der Waals surface area contributed by atoms with Crippen molar-refractivity contribution < 1.29 is 33.5 Å². The fourth-order valence-corrected chi connectivity index (χ4v) is 9.61. The van der Waals surface area contributed by atoms with E-state index in [0.717, 1.165) is 12.8 Å². The molecule has 0 aromatic rings. The quantitative estimate of drug-likeness (QED) is 0.172. The summed E-state index contributed by atoms with van der Waals surface area (Å²) in [6, 6.07) is 0. The number of hydrogen-bond donors (Lipinski definition) is 0. The van der Waals surface area contributed by atoms with Gasteiger partial charge in [0.1, 0.15) is 0 Å². The summed E-state index contributed by atoms with van der Waals surface area (Å²) in [4.78, 5) is 83.2. The summed E-state index contributed by atoms with van der Waals surface area (Å²) in [5.41, 5.74) is -3.02. The lowest BCUT2D eigenvalue weighted by atomic mass is 9.75. The SMILES string of the molecule is CCC(C)(CC(C)(C)N1C(=O)C2C3C=CC(C3)C2C1=O)C(=O)OC(=O)C(C)CC(C)(C)N1C(=O)C2C3C=CC(C3)C2C1=O. The zero-order chi connectivity index (χ0) is 31.4. The van der Waals surface area contributed by atoms with E-state index in [1.807, 2.05) is 19.1 Å². The van der Waals surface area contributed by atoms with Crippen molar-refractivity contribution in [2.45, 2.75) is 91.6 Å². The lowest BCUT2D eigenvalue weighted by Gasteiger charge is -2.41. The molecule has 2 aliphatic heterocycles. The van der Waals surface area contributed by atoms with Gasteiger partial charge in [0.05, 0.1) is 35.0 Å². The first kappa shape index (κ1) is 29.9. The summed E-state index contributed by atoms with van der Waals surface area (Å²) in [5, 5.41) is 0. The second-order valence-corrected chi connectivity index (χ2v) is 15.6. The predicted octanol–water partition coefficient (Wildman–Crippen LogP) is 4.06. The van der Waals surface area contributed by atoms with Crippen molar-refractivity contribution in [1.29, 1.82) is 0 Å². The Morgan fingerprint density at radius 1 is 0.744 bits per heavy atom. The van der Waals surface area contributed by atoms with E-state index in [1.54, 1.807) is 41.5 Å². The molecule has 10 unspecified atom stereocenters. The van der Waals surface area contributed by atoms with Crippen LogP contribution in [0.2, 0.25) is 0 Å². The average Bonchev–Trinajstić information content (AvgIpc) is 3.75. The molecule has 43 heavy (non-hydrogen) atoms. The molecule has 0 N–H and O–H groups in total. The standard InChI is InChI=1S/C34H44N2O7/c1-8-34(7,16-33(5,6)36-28(39)24-20-11-12-21(14-20)25(24)29(36)40)31(42)43-30(41)17(2)15-32(3,4)35-26(37)22-18-9-10-19(13-18)23(22)27(35)38/h9-12,17-25H,8,13-16H2,1-7H3. The van der Waals surface area contributed by atoms with E-state index in [9.17, 15) is 28.8 Å². The Labute approximate surface area is 253 Å². The van der Waals surface area contributed by atoms with Crippen LogP contribution in [-0.2, 0) is 33.5 Å². The Morgan fingerprint density at radius 2 is 1.12 bits per heavy atom. The second-order valence-electron chi connectivity index (χ2n) is 15.6. The van der Waals surface area contributed by atoms with Crippen LogP contribution in [0.3, 0.4) is 0 Å². The molecule has 10 atom stereocenters. The maximum atomic E-state index is 13.5. The van der Waals surface area contributed by atoms with Crippen molar-refractivity contribution in [3.8, 4) is 0 Å². The number of esters is 2. The highest BCUT2D eigenvalue weighted by Crippen LogP contribution is 2.55. The number of allylic oxidation sites excluding steroid dienone is 4. The third-order valence-electron chi connectivity index (χ3n) is 11.6. The molecular formula is C34H44N2O7. The average molecular weight is 593 g/mol. The minimum atomic E-state index is -1.13. The number of likely N-dealkylation sites (tertiary alicyclic amines) is 2. The van der Waals surface area contributed by atoms with E-state index in [4.69, 9.17) is 4.74 Å². The lowest BCUT2D eigenvalue weighted by Crippen LogP contribution is -2.53. The van der Waals surface area contributed by atoms with E-state index in [-0.39, 0.29) is 83.8 Å². The number of imide groups is 2. The summed E-state index contributed by atoms with van der Waals surface area (Å²) in [6.07, 6.45) is 10.5. The van der Waals surface area contributed by atoms with Crippen LogP contribution in [0.4, 0.5) is 0 Å². The van der Waals surface area contributed by atoms with Crippen LogP contribution in [0.25, 0.3) is 0 Å². The van der Waals surface area contributed by atoms with Gasteiger partial charge in [-0.05, 0) is 90.4 Å². The number of hydrogen-bond acceptors (Lipinski definition) is 7. The number of ether oxygens (including phenoxy) is 1. The third kappa shape index (κ3) is 4.31. The number of carbonyl (C=O) groups is 6. The molecule has 0 radical (unpaired) electrons. The first-order valence-electron chi connectivity index (χ1n) is 15.9. The van der Waals surface area contributed by atoms with Crippen molar-refractivity contribution in [3.05, 3.63) is 24.3 Å². The van der Waals surface area contributed by atoms with E-state index in [0.29, 0.717) is 6.42 Å². The molecule has 0 aromatic carbocycles. The minimum absolute atomic E-state index is 0.0932. The Hall–Kier alpha value is -3.10. The molecule has 0 spiro atoms. The fraction of sp³-hybridized carbons (Fsp3) is 0.706. The summed E-state index contributed by atoms with van der Waals surface area (Å²) < 4.78 is 5.46. The van der Waals surface area contributed by atoms with Crippen LogP contribution in [0, 0.1) is 58.7 Å². The lowest BCUT2D eigenvalue weighted by molar-refractivity contribution is -0.173. The molecule has 2 saturated heterocycles. The van der Waals surface area contributed by atoms with E-state index in [2.05, 4.69) is 12.2 Å². The Balaban J connectivity index is 1.10. The number of rotatable bonds is 9. The van der Waals surface area contributed by atoms with Crippen LogP contribution in [0.1, 0.15) is 80.6 Å². The molecule has 6 rings (SSSR count). The van der Waals surface area contributed by atoms with Gasteiger partial charge in [0.25, 0.3) is 0 Å². The summed E-state index contributed by atoms with van der Waals surface area (Å²) in [7, 11) is 0. The highest BCUT2D eigenvalue weighted by atomic mass is 16.6. The van der Waals surface area contributed by atoms with E-state index >= 15 is 0 Å². The molecule has 4 amide bonds. The monoisotopic (exact) mass is 592 g/mol. The minimum Gasteiger partial charge on any atom is -0.393 e. The van der Waals surface area contributed by atoms with Crippen LogP contribution in [-0.4, -0.2) is 56.4 Å². The largest absolute Gasteiger partial charge is 0.393 e. The first-order chi connectivity index (χ1) is 20.0. The van der Waals surface area contributed by atoms with Crippen molar-refractivity contribution in [2.75, 3.05) is 0 Å². The molecule has 4 fully saturated rings. The maximum absolute atomic E-state index is 13.5. The van der Waals surface area contributed by atoms with Gasteiger partial charge in [0.15, 0.2) is 0 Å². The molecule has 9 nitrogen and oxygen atoms in total. The molecule has 2 saturated carbocycles. The maximum Gasteiger partial charge on any atom is 0.319 e. The van der Waals surface area contributed by atoms with Crippen LogP contribution < -0.4 is 0 Å². The summed E-state index contributed by atoms with van der Waals surface area (Å²) in [5.74, 6) is -3.78. The molecule has 6 aliphatic rings. The van der Waals surface area contributed by atoms with Gasteiger partial charge in [-0.2, -0.15) is 0 Å². The molecule has 4 bridgehead atoms. The Morgan fingerprint density at radius 3 is 1.49 bits per heavy atom. The summed E-state index contributed by atoms with van der Waals surface area (Å²) in [6.45, 7) is 12.3. The Kier molecular flexibility index (Phi) is 6.76. The van der Waals surface area contributed by atoms with Gasteiger partial charge in [-0.1, -0.05) is 38.2 Å². The van der Waals surface area contributed by atoms with Gasteiger partial charge in [0, 0.05) is 11.1 Å². The Bertz CT molecular complexity index is 1320. The van der Waals surface area contributed by atoms with E-state index in [1.165, 1.54) is 9.80 Å². The van der Waals surface area contributed by atoms with Gasteiger partial charge in [-0.3, -0.25) is 38.6 Å². The molecule has 2 heterocycles. The number of amides is 4. The molecule has 0 aromatic heterocycles. The van der Waals surface area contributed by atoms with Crippen LogP contribution in [0.15, 0.2) is 24.3 Å². The number of fused-ring (bicyclic) bond motifs is 10. The molecular weight excluding hydrogens is 548 g/mol. The van der Waals surface area contributed by atoms with Crippen molar-refractivity contribution in [1.82, 2.24) is 9.80 Å². The highest BCUT2D eigenvalue weighted by Gasteiger charge is 2.63. The van der Waals surface area contributed by atoms with Gasteiger partial charge < -0.3 is 4.74 Å². The highest BCUT2D eigenvalue weighted by molar-refractivity contribution is 6.08. The number of nitrogens with zero attached hydrogens (tertiary/aromatic N) is 2. The summed E-state index contributed by atoms with van der Waals surface area (Å²) >= 11 is 0. The smallest absolute Gasteiger partial charge is 0.319 e. The van der Waals surface area contributed by atoms with Crippen LogP contribution >= 0.6 is 0 Å². The zero-order valence-electron chi connectivity index (χ0n) is 26.3. The number of carbonyl (C=O) groups excluding carboxylic acids is 6. The zero-order valence-corrected chi connectivity index (χ0v) is 26.3. The third-order valence-corrected chi connectivity index (χ3v) is 11.6. The van der Waals surface area contributed by atoms with Gasteiger partial charge in [-0.15, -0.1) is 0 Å².